The van der Waals surface area contributed by atoms with E-state index in [1.807, 2.05) is 21.9 Å². The molecular weight excluding hydrogens is 380 g/mol. The molecule has 4 rings (SSSR count). The monoisotopic (exact) mass is 414 g/mol. The molecule has 1 aromatic rings. The summed E-state index contributed by atoms with van der Waals surface area (Å²) in [6.45, 7) is 6.38. The summed E-state index contributed by atoms with van der Waals surface area (Å²) in [7, 11) is 0. The topological polar surface area (TPSA) is 66.0 Å². The molecular formula is C23H34N4O3. The fraction of sp³-hybridized carbons (Fsp3) is 0.696. The highest BCUT2D eigenvalue weighted by Gasteiger charge is 2.40. The Kier molecular flexibility index (Phi) is 7.33. The Hall–Kier alpha value is -1.99. The Balaban J connectivity index is 1.37. The van der Waals surface area contributed by atoms with Crippen molar-refractivity contribution in [2.45, 2.75) is 51.1 Å². The molecule has 1 atom stereocenters. The largest absolute Gasteiger partial charge is 0.379 e. The molecule has 0 radical (unpaired) electrons. The number of morpholine rings is 1. The van der Waals surface area contributed by atoms with Gasteiger partial charge in [-0.2, -0.15) is 0 Å². The molecule has 1 aromatic heterocycles. The van der Waals surface area contributed by atoms with Crippen LogP contribution in [0.1, 0.15) is 44.1 Å². The van der Waals surface area contributed by atoms with E-state index in [0.29, 0.717) is 32.1 Å². The smallest absolute Gasteiger partial charge is 0.228 e. The van der Waals surface area contributed by atoms with Gasteiger partial charge >= 0.3 is 0 Å². The molecule has 2 aliphatic heterocycles. The van der Waals surface area contributed by atoms with Crippen LogP contribution in [0.15, 0.2) is 24.5 Å². The van der Waals surface area contributed by atoms with Crippen LogP contribution < -0.4 is 0 Å². The summed E-state index contributed by atoms with van der Waals surface area (Å²) >= 11 is 0. The van der Waals surface area contributed by atoms with Gasteiger partial charge in [-0.3, -0.25) is 19.5 Å². The van der Waals surface area contributed by atoms with Gasteiger partial charge in [-0.15, -0.1) is 0 Å². The van der Waals surface area contributed by atoms with Crippen LogP contribution in [0.5, 0.6) is 0 Å². The molecule has 3 aliphatic rings. The first-order valence-electron chi connectivity index (χ1n) is 11.5. The van der Waals surface area contributed by atoms with E-state index in [9.17, 15) is 9.59 Å². The van der Waals surface area contributed by atoms with Gasteiger partial charge in [0.2, 0.25) is 11.8 Å². The fourth-order valence-electron chi connectivity index (χ4n) is 5.01. The van der Waals surface area contributed by atoms with E-state index in [4.69, 9.17) is 4.74 Å². The van der Waals surface area contributed by atoms with Crippen molar-refractivity contribution in [2.75, 3.05) is 45.9 Å². The molecule has 0 aromatic carbocycles. The third-order valence-corrected chi connectivity index (χ3v) is 6.71. The van der Waals surface area contributed by atoms with Crippen molar-refractivity contribution in [1.82, 2.24) is 19.7 Å². The van der Waals surface area contributed by atoms with Crippen LogP contribution in [0.4, 0.5) is 0 Å². The van der Waals surface area contributed by atoms with Crippen molar-refractivity contribution in [3.63, 3.8) is 0 Å². The van der Waals surface area contributed by atoms with Gasteiger partial charge in [-0.05, 0) is 37.0 Å². The van der Waals surface area contributed by atoms with Crippen molar-refractivity contribution in [1.29, 1.82) is 0 Å². The zero-order valence-electron chi connectivity index (χ0n) is 17.9. The van der Waals surface area contributed by atoms with Gasteiger partial charge in [0.1, 0.15) is 0 Å². The maximum atomic E-state index is 13.4. The Morgan fingerprint density at radius 3 is 2.63 bits per heavy atom. The number of hydrogen-bond acceptors (Lipinski definition) is 5. The van der Waals surface area contributed by atoms with Crippen molar-refractivity contribution < 1.29 is 14.3 Å². The molecule has 30 heavy (non-hydrogen) atoms. The first kappa shape index (κ1) is 21.2. The molecule has 2 amide bonds. The van der Waals surface area contributed by atoms with Crippen LogP contribution in [0.3, 0.4) is 0 Å². The maximum Gasteiger partial charge on any atom is 0.228 e. The van der Waals surface area contributed by atoms with Crippen LogP contribution in [-0.4, -0.2) is 83.5 Å². The number of carbonyl (C=O) groups is 2. The Morgan fingerprint density at radius 2 is 1.90 bits per heavy atom. The van der Waals surface area contributed by atoms with Crippen LogP contribution in [-0.2, 0) is 20.9 Å². The van der Waals surface area contributed by atoms with E-state index in [0.717, 1.165) is 57.7 Å². The average molecular weight is 415 g/mol. The quantitative estimate of drug-likeness (QED) is 0.650. The maximum absolute atomic E-state index is 13.4. The summed E-state index contributed by atoms with van der Waals surface area (Å²) in [6.07, 6.45) is 9.42. The summed E-state index contributed by atoms with van der Waals surface area (Å²) in [5.41, 5.74) is 1.08. The number of amides is 2. The normalized spacial score (nSPS) is 23.3. The van der Waals surface area contributed by atoms with E-state index in [1.54, 1.807) is 12.4 Å². The van der Waals surface area contributed by atoms with Crippen molar-refractivity contribution in [2.24, 2.45) is 5.92 Å². The van der Waals surface area contributed by atoms with E-state index in [1.165, 1.54) is 12.8 Å². The van der Waals surface area contributed by atoms with Gasteiger partial charge in [-0.1, -0.05) is 12.8 Å². The highest BCUT2D eigenvalue weighted by molar-refractivity contribution is 5.89. The zero-order chi connectivity index (χ0) is 20.8. The number of rotatable bonds is 8. The molecule has 0 N–H and O–H groups in total. The van der Waals surface area contributed by atoms with Gasteiger partial charge in [0.25, 0.3) is 0 Å². The first-order chi connectivity index (χ1) is 14.7. The molecule has 1 saturated carbocycles. The predicted molar refractivity (Wildman–Crippen MR) is 114 cm³/mol. The fourth-order valence-corrected chi connectivity index (χ4v) is 5.01. The average Bonchev–Trinajstić information content (AvgIpc) is 3.44. The van der Waals surface area contributed by atoms with Gasteiger partial charge in [0.15, 0.2) is 0 Å². The second-order valence-corrected chi connectivity index (χ2v) is 8.81. The van der Waals surface area contributed by atoms with E-state index in [-0.39, 0.29) is 17.7 Å². The van der Waals surface area contributed by atoms with Crippen LogP contribution in [0.25, 0.3) is 0 Å². The molecule has 7 nitrogen and oxygen atoms in total. The van der Waals surface area contributed by atoms with Gasteiger partial charge in [0, 0.05) is 64.1 Å². The molecule has 7 heteroatoms. The number of hydrogen-bond donors (Lipinski definition) is 0. The predicted octanol–water partition coefficient (Wildman–Crippen LogP) is 1.92. The number of pyridine rings is 1. The number of aromatic nitrogens is 1. The highest BCUT2D eigenvalue weighted by atomic mass is 16.5. The third kappa shape index (κ3) is 5.38. The Morgan fingerprint density at radius 1 is 1.17 bits per heavy atom. The standard InChI is InChI=1S/C23H34N4O3/c28-22-16-20(18-27(22)21-4-1-2-5-21)23(29)26(17-19-6-8-24-9-7-19)11-3-10-25-12-14-30-15-13-25/h6-9,20-21H,1-5,10-18H2. The Labute approximate surface area is 179 Å². The lowest BCUT2D eigenvalue weighted by atomic mass is 10.1. The highest BCUT2D eigenvalue weighted by Crippen LogP contribution is 2.30. The first-order valence-corrected chi connectivity index (χ1v) is 11.5. The van der Waals surface area contributed by atoms with Crippen molar-refractivity contribution >= 4 is 11.8 Å². The zero-order valence-corrected chi connectivity index (χ0v) is 17.9. The minimum atomic E-state index is -0.205. The summed E-state index contributed by atoms with van der Waals surface area (Å²) < 4.78 is 5.43. The SMILES string of the molecule is O=C(C1CC(=O)N(C2CCCC2)C1)N(CCCN1CCOCC1)Cc1ccncc1. The lowest BCUT2D eigenvalue weighted by Crippen LogP contribution is -2.41. The number of nitrogens with zero attached hydrogens (tertiary/aromatic N) is 4. The van der Waals surface area contributed by atoms with Crippen molar-refractivity contribution in [3.05, 3.63) is 30.1 Å². The minimum absolute atomic E-state index is 0.127. The van der Waals surface area contributed by atoms with E-state index < -0.39 is 0 Å². The molecule has 2 saturated heterocycles. The lowest BCUT2D eigenvalue weighted by Gasteiger charge is -2.30. The van der Waals surface area contributed by atoms with Crippen molar-refractivity contribution in [3.8, 4) is 0 Å². The molecule has 0 bridgehead atoms. The summed E-state index contributed by atoms with van der Waals surface area (Å²) in [5.74, 6) is 0.0865. The Bertz CT molecular complexity index is 702. The van der Waals surface area contributed by atoms with E-state index >= 15 is 0 Å². The lowest BCUT2D eigenvalue weighted by molar-refractivity contribution is -0.136. The molecule has 3 heterocycles. The van der Waals surface area contributed by atoms with Crippen LogP contribution >= 0.6 is 0 Å². The van der Waals surface area contributed by atoms with Crippen LogP contribution in [0, 0.1) is 5.92 Å². The number of carbonyl (C=O) groups excluding carboxylic acids is 2. The molecule has 0 spiro atoms. The summed E-state index contributed by atoms with van der Waals surface area (Å²) in [4.78, 5) is 36.5. The van der Waals surface area contributed by atoms with Gasteiger partial charge < -0.3 is 14.5 Å². The molecule has 1 aliphatic carbocycles. The van der Waals surface area contributed by atoms with Crippen LogP contribution in [0.2, 0.25) is 0 Å². The van der Waals surface area contributed by atoms with Gasteiger partial charge in [0.05, 0.1) is 19.1 Å². The van der Waals surface area contributed by atoms with Gasteiger partial charge in [-0.25, -0.2) is 0 Å². The molecule has 164 valence electrons. The van der Waals surface area contributed by atoms with E-state index in [2.05, 4.69) is 9.88 Å². The summed E-state index contributed by atoms with van der Waals surface area (Å²) in [6, 6.07) is 4.28. The third-order valence-electron chi connectivity index (χ3n) is 6.71. The second-order valence-electron chi connectivity index (χ2n) is 8.81. The second kappa shape index (κ2) is 10.4. The summed E-state index contributed by atoms with van der Waals surface area (Å²) in [5, 5.41) is 0. The molecule has 3 fully saturated rings. The number of ether oxygens (including phenoxy) is 1. The molecule has 1 unspecified atom stereocenters. The minimum Gasteiger partial charge on any atom is -0.379 e. The number of likely N-dealkylation sites (tertiary alicyclic amines) is 1.